The first-order valence-corrected chi connectivity index (χ1v) is 6.16. The Morgan fingerprint density at radius 3 is 3.12 bits per heavy atom. The Hall–Kier alpha value is -1.39. The highest BCUT2D eigenvalue weighted by atomic mass is 16.5. The summed E-state index contributed by atoms with van der Waals surface area (Å²) in [5.74, 6) is 0. The second-order valence-corrected chi connectivity index (χ2v) is 4.49. The number of imidazole rings is 1. The van der Waals surface area contributed by atoms with Crippen molar-refractivity contribution in [3.63, 3.8) is 0 Å². The fraction of sp³-hybridized carbons (Fsp3) is 0.462. The summed E-state index contributed by atoms with van der Waals surface area (Å²) in [6.07, 6.45) is 8.51. The number of ether oxygens (including phenoxy) is 1. The van der Waals surface area contributed by atoms with Crippen molar-refractivity contribution in [2.75, 3.05) is 13.1 Å². The zero-order chi connectivity index (χ0) is 11.5. The summed E-state index contributed by atoms with van der Waals surface area (Å²) in [4.78, 5) is 4.22. The van der Waals surface area contributed by atoms with Crippen LogP contribution in [0.1, 0.15) is 18.4 Å². The summed E-state index contributed by atoms with van der Waals surface area (Å²) < 4.78 is 7.95. The molecule has 4 heteroatoms. The molecule has 1 aliphatic rings. The topological polar surface area (TPSA) is 38.6 Å². The van der Waals surface area contributed by atoms with Crippen molar-refractivity contribution in [3.8, 4) is 0 Å². The van der Waals surface area contributed by atoms with E-state index in [0.717, 1.165) is 31.6 Å². The minimum Gasteiger partial charge on any atom is -0.373 e. The summed E-state index contributed by atoms with van der Waals surface area (Å²) in [5.41, 5.74) is 2.18. The van der Waals surface area contributed by atoms with E-state index in [9.17, 15) is 0 Å². The quantitative estimate of drug-likeness (QED) is 0.872. The molecular formula is C13H17N3O. The minimum absolute atomic E-state index is 0.412. The van der Waals surface area contributed by atoms with Gasteiger partial charge in [0.25, 0.3) is 0 Å². The van der Waals surface area contributed by atoms with Gasteiger partial charge in [-0.25, -0.2) is 4.98 Å². The summed E-state index contributed by atoms with van der Waals surface area (Å²) in [6.45, 7) is 2.84. The van der Waals surface area contributed by atoms with Crippen LogP contribution in [0, 0.1) is 0 Å². The van der Waals surface area contributed by atoms with Crippen molar-refractivity contribution in [1.29, 1.82) is 0 Å². The van der Waals surface area contributed by atoms with E-state index in [4.69, 9.17) is 4.74 Å². The number of fused-ring (bicyclic) bond motifs is 1. The Bertz CT molecular complexity index is 488. The van der Waals surface area contributed by atoms with E-state index in [-0.39, 0.29) is 0 Å². The molecule has 2 aromatic heterocycles. The number of aromatic nitrogens is 2. The second kappa shape index (κ2) is 4.85. The van der Waals surface area contributed by atoms with Crippen LogP contribution in [0.4, 0.5) is 0 Å². The van der Waals surface area contributed by atoms with E-state index in [2.05, 4.69) is 22.6 Å². The monoisotopic (exact) mass is 231 g/mol. The number of nitrogens with one attached hydrogen (secondary N) is 1. The first-order valence-electron chi connectivity index (χ1n) is 6.16. The molecule has 2 aromatic rings. The summed E-state index contributed by atoms with van der Waals surface area (Å²) in [5, 5.41) is 3.34. The number of nitrogens with zero attached hydrogens (tertiary/aromatic N) is 2. The van der Waals surface area contributed by atoms with Gasteiger partial charge >= 0.3 is 0 Å². The molecule has 0 aromatic carbocycles. The van der Waals surface area contributed by atoms with Crippen LogP contribution < -0.4 is 5.32 Å². The molecule has 0 spiro atoms. The first kappa shape index (κ1) is 10.7. The number of hydrogen-bond donors (Lipinski definition) is 1. The van der Waals surface area contributed by atoms with Gasteiger partial charge in [-0.1, -0.05) is 6.07 Å². The van der Waals surface area contributed by atoms with Crippen LogP contribution in [0.15, 0.2) is 30.7 Å². The SMILES string of the molecule is c1cn2cc(COC3CCNCC3)ccc2n1. The van der Waals surface area contributed by atoms with E-state index in [0.29, 0.717) is 12.7 Å². The summed E-state index contributed by atoms with van der Waals surface area (Å²) >= 11 is 0. The van der Waals surface area contributed by atoms with Gasteiger partial charge in [0.1, 0.15) is 5.65 Å². The molecule has 1 fully saturated rings. The fourth-order valence-corrected chi connectivity index (χ4v) is 2.23. The molecule has 0 atom stereocenters. The molecule has 0 saturated carbocycles. The van der Waals surface area contributed by atoms with Crippen molar-refractivity contribution in [1.82, 2.24) is 14.7 Å². The van der Waals surface area contributed by atoms with Crippen LogP contribution in [0.2, 0.25) is 0 Å². The van der Waals surface area contributed by atoms with Crippen molar-refractivity contribution in [3.05, 3.63) is 36.3 Å². The number of hydrogen-bond acceptors (Lipinski definition) is 3. The molecule has 1 N–H and O–H groups in total. The molecule has 0 bridgehead atoms. The highest BCUT2D eigenvalue weighted by molar-refractivity contribution is 5.39. The van der Waals surface area contributed by atoms with E-state index in [1.807, 2.05) is 22.9 Å². The van der Waals surface area contributed by atoms with Crippen LogP contribution in [0.5, 0.6) is 0 Å². The van der Waals surface area contributed by atoms with Gasteiger partial charge in [0.05, 0.1) is 12.7 Å². The molecule has 0 unspecified atom stereocenters. The minimum atomic E-state index is 0.412. The van der Waals surface area contributed by atoms with Crippen molar-refractivity contribution in [2.45, 2.75) is 25.6 Å². The maximum atomic E-state index is 5.92. The van der Waals surface area contributed by atoms with E-state index in [1.165, 1.54) is 5.56 Å². The molecule has 1 saturated heterocycles. The van der Waals surface area contributed by atoms with E-state index in [1.54, 1.807) is 0 Å². The smallest absolute Gasteiger partial charge is 0.136 e. The molecule has 0 amide bonds. The zero-order valence-corrected chi connectivity index (χ0v) is 9.80. The summed E-state index contributed by atoms with van der Waals surface area (Å²) in [7, 11) is 0. The number of rotatable bonds is 3. The maximum absolute atomic E-state index is 5.92. The van der Waals surface area contributed by atoms with Gasteiger partial charge < -0.3 is 14.5 Å². The molecule has 0 radical (unpaired) electrons. The average Bonchev–Trinajstić information content (AvgIpc) is 2.85. The van der Waals surface area contributed by atoms with Crippen LogP contribution in [0.25, 0.3) is 5.65 Å². The van der Waals surface area contributed by atoms with E-state index >= 15 is 0 Å². The lowest BCUT2D eigenvalue weighted by molar-refractivity contribution is 0.0211. The average molecular weight is 231 g/mol. The third-order valence-corrected chi connectivity index (χ3v) is 3.22. The molecule has 1 aliphatic heterocycles. The second-order valence-electron chi connectivity index (χ2n) is 4.49. The fourth-order valence-electron chi connectivity index (χ4n) is 2.23. The lowest BCUT2D eigenvalue weighted by Crippen LogP contribution is -2.32. The predicted octanol–water partition coefficient (Wildman–Crippen LogP) is 1.60. The molecular weight excluding hydrogens is 214 g/mol. The predicted molar refractivity (Wildman–Crippen MR) is 65.9 cm³/mol. The Labute approximate surface area is 101 Å². The molecule has 90 valence electrons. The normalized spacial score (nSPS) is 17.6. The molecule has 0 aliphatic carbocycles. The number of piperidine rings is 1. The summed E-state index contributed by atoms with van der Waals surface area (Å²) in [6, 6.07) is 4.12. The van der Waals surface area contributed by atoms with Crippen LogP contribution in [-0.2, 0) is 11.3 Å². The van der Waals surface area contributed by atoms with Crippen LogP contribution >= 0.6 is 0 Å². The molecule has 3 heterocycles. The highest BCUT2D eigenvalue weighted by Crippen LogP contribution is 2.12. The third kappa shape index (κ3) is 2.48. The first-order chi connectivity index (χ1) is 8.42. The van der Waals surface area contributed by atoms with E-state index < -0.39 is 0 Å². The van der Waals surface area contributed by atoms with Gasteiger partial charge in [-0.2, -0.15) is 0 Å². The lowest BCUT2D eigenvalue weighted by atomic mass is 10.1. The molecule has 3 rings (SSSR count). The Balaban J connectivity index is 1.63. The van der Waals surface area contributed by atoms with Gasteiger partial charge in [-0.3, -0.25) is 0 Å². The van der Waals surface area contributed by atoms with Gasteiger partial charge in [0.2, 0.25) is 0 Å². The standard InChI is InChI=1S/C13H17N3O/c1-2-13-15-7-8-16(13)9-11(1)10-17-12-3-5-14-6-4-12/h1-2,7-9,12,14H,3-6,10H2. The Kier molecular flexibility index (Phi) is 3.07. The van der Waals surface area contributed by atoms with Gasteiger partial charge in [0, 0.05) is 18.6 Å². The maximum Gasteiger partial charge on any atom is 0.136 e. The zero-order valence-electron chi connectivity index (χ0n) is 9.80. The van der Waals surface area contributed by atoms with Gasteiger partial charge in [-0.05, 0) is 37.6 Å². The molecule has 17 heavy (non-hydrogen) atoms. The van der Waals surface area contributed by atoms with Gasteiger partial charge in [0.15, 0.2) is 0 Å². The Morgan fingerprint density at radius 2 is 2.24 bits per heavy atom. The lowest BCUT2D eigenvalue weighted by Gasteiger charge is -2.22. The number of pyridine rings is 1. The van der Waals surface area contributed by atoms with Gasteiger partial charge in [-0.15, -0.1) is 0 Å². The Morgan fingerprint density at radius 1 is 1.35 bits per heavy atom. The van der Waals surface area contributed by atoms with Crippen LogP contribution in [0.3, 0.4) is 0 Å². The third-order valence-electron chi connectivity index (χ3n) is 3.22. The van der Waals surface area contributed by atoms with Crippen LogP contribution in [-0.4, -0.2) is 28.6 Å². The van der Waals surface area contributed by atoms with Crippen molar-refractivity contribution >= 4 is 5.65 Å². The van der Waals surface area contributed by atoms with Crippen molar-refractivity contribution in [2.24, 2.45) is 0 Å². The van der Waals surface area contributed by atoms with Crippen molar-refractivity contribution < 1.29 is 4.74 Å². The largest absolute Gasteiger partial charge is 0.373 e. The highest BCUT2D eigenvalue weighted by Gasteiger charge is 2.13. The molecule has 4 nitrogen and oxygen atoms in total.